The molecule has 0 spiro atoms. The zero-order valence-corrected chi connectivity index (χ0v) is 16.8. The van der Waals surface area contributed by atoms with Crippen LogP contribution in [0, 0.1) is 0 Å². The van der Waals surface area contributed by atoms with Crippen molar-refractivity contribution >= 4 is 20.0 Å². The summed E-state index contributed by atoms with van der Waals surface area (Å²) >= 11 is 0. The van der Waals surface area contributed by atoms with Gasteiger partial charge in [-0.15, -0.1) is 0 Å². The Morgan fingerprint density at radius 2 is 1.48 bits per heavy atom. The summed E-state index contributed by atoms with van der Waals surface area (Å²) in [6.07, 6.45) is 4.81. The van der Waals surface area contributed by atoms with Crippen molar-refractivity contribution in [3.8, 4) is 0 Å². The van der Waals surface area contributed by atoms with Crippen LogP contribution in [0.5, 0.6) is 0 Å². The summed E-state index contributed by atoms with van der Waals surface area (Å²) in [5.41, 5.74) is 1.38. The van der Waals surface area contributed by atoms with E-state index in [1.54, 1.807) is 0 Å². The van der Waals surface area contributed by atoms with E-state index in [0.29, 0.717) is 16.6 Å². The van der Waals surface area contributed by atoms with E-state index in [0.717, 1.165) is 31.4 Å². The molecule has 1 N–H and O–H groups in total. The molecule has 0 aliphatic carbocycles. The number of carbonyl (C=O) groups is 2. The Bertz CT molecular complexity index is 391. The number of unbranched alkanes of at least 4 members (excludes halogenated alkanes) is 1. The first-order valence-electron chi connectivity index (χ1n) is 8.72. The third kappa shape index (κ3) is 5.79. The Balaban J connectivity index is 5.61. The van der Waals surface area contributed by atoms with Gasteiger partial charge in [0.05, 0.1) is 5.73 Å². The van der Waals surface area contributed by atoms with Crippen molar-refractivity contribution in [1.29, 1.82) is 0 Å². The van der Waals surface area contributed by atoms with E-state index >= 15 is 0 Å². The van der Waals surface area contributed by atoms with E-state index in [9.17, 15) is 9.59 Å². The van der Waals surface area contributed by atoms with Crippen LogP contribution in [0.2, 0.25) is 16.6 Å². The highest BCUT2D eigenvalue weighted by Crippen LogP contribution is 2.46. The first-order valence-corrected chi connectivity index (χ1v) is 11.0. The lowest BCUT2D eigenvalue weighted by atomic mass is 10.2. The minimum absolute atomic E-state index is 0.0756. The SMILES string of the molecule is CCCCC(OC(=O)C=CC(=O)O)[Si](C(C)C)(C(C)C)C(C)C. The topological polar surface area (TPSA) is 63.6 Å². The van der Waals surface area contributed by atoms with Crippen LogP contribution in [-0.4, -0.2) is 30.8 Å². The van der Waals surface area contributed by atoms with Crippen LogP contribution in [0.1, 0.15) is 67.7 Å². The van der Waals surface area contributed by atoms with E-state index in [-0.39, 0.29) is 5.73 Å². The molecule has 23 heavy (non-hydrogen) atoms. The zero-order chi connectivity index (χ0) is 18.2. The van der Waals surface area contributed by atoms with Crippen molar-refractivity contribution in [3.05, 3.63) is 12.2 Å². The molecule has 0 aliphatic heterocycles. The summed E-state index contributed by atoms with van der Waals surface area (Å²) in [6, 6.07) is 0. The molecule has 134 valence electrons. The molecule has 0 aromatic carbocycles. The highest BCUT2D eigenvalue weighted by atomic mass is 28.3. The Morgan fingerprint density at radius 3 is 1.83 bits per heavy atom. The molecule has 5 heteroatoms. The number of rotatable bonds is 10. The Labute approximate surface area is 142 Å². The van der Waals surface area contributed by atoms with Crippen molar-refractivity contribution in [2.45, 2.75) is 90.1 Å². The largest absolute Gasteiger partial charge is 0.478 e. The summed E-state index contributed by atoms with van der Waals surface area (Å²) in [5, 5.41) is 8.68. The molecular formula is C18H34O4Si. The van der Waals surface area contributed by atoms with Gasteiger partial charge in [-0.1, -0.05) is 61.3 Å². The van der Waals surface area contributed by atoms with Crippen molar-refractivity contribution in [1.82, 2.24) is 0 Å². The predicted molar refractivity (Wildman–Crippen MR) is 97.2 cm³/mol. The maximum absolute atomic E-state index is 12.1. The molecule has 0 bridgehead atoms. The molecule has 4 nitrogen and oxygen atoms in total. The fraction of sp³-hybridized carbons (Fsp3) is 0.778. The van der Waals surface area contributed by atoms with Crippen molar-refractivity contribution in [2.24, 2.45) is 0 Å². The lowest BCUT2D eigenvalue weighted by Gasteiger charge is -2.47. The Morgan fingerprint density at radius 1 is 1.00 bits per heavy atom. The van der Waals surface area contributed by atoms with Crippen LogP contribution in [0.25, 0.3) is 0 Å². The summed E-state index contributed by atoms with van der Waals surface area (Å²) in [5.74, 6) is -1.67. The maximum Gasteiger partial charge on any atom is 0.330 e. The Hall–Kier alpha value is -1.10. The first-order chi connectivity index (χ1) is 10.6. The quantitative estimate of drug-likeness (QED) is 0.347. The summed E-state index contributed by atoms with van der Waals surface area (Å²) < 4.78 is 5.83. The maximum atomic E-state index is 12.1. The zero-order valence-electron chi connectivity index (χ0n) is 15.8. The lowest BCUT2D eigenvalue weighted by Crippen LogP contribution is -2.56. The monoisotopic (exact) mass is 342 g/mol. The van der Waals surface area contributed by atoms with Gasteiger partial charge in [0, 0.05) is 12.2 Å². The minimum Gasteiger partial charge on any atom is -0.478 e. The van der Waals surface area contributed by atoms with Crippen LogP contribution in [-0.2, 0) is 14.3 Å². The van der Waals surface area contributed by atoms with E-state index in [1.165, 1.54) is 0 Å². The fourth-order valence-corrected chi connectivity index (χ4v) is 11.5. The standard InChI is InChI=1S/C18H34O4Si/c1-8-9-10-18(22-17(21)12-11-16(19)20)23(13(2)3,14(4)5)15(6)7/h11-15,18H,8-10H2,1-7H3,(H,19,20). The molecule has 0 fully saturated rings. The molecule has 0 aromatic heterocycles. The fourth-order valence-electron chi connectivity index (χ4n) is 4.23. The lowest BCUT2D eigenvalue weighted by molar-refractivity contribution is -0.141. The van der Waals surface area contributed by atoms with Gasteiger partial charge in [0.1, 0.15) is 8.07 Å². The van der Waals surface area contributed by atoms with Crippen molar-refractivity contribution in [3.63, 3.8) is 0 Å². The molecular weight excluding hydrogens is 308 g/mol. The number of esters is 1. The van der Waals surface area contributed by atoms with Gasteiger partial charge in [-0.25, -0.2) is 9.59 Å². The number of aliphatic carboxylic acids is 1. The van der Waals surface area contributed by atoms with Crippen LogP contribution < -0.4 is 0 Å². The number of ether oxygens (including phenoxy) is 1. The van der Waals surface area contributed by atoms with E-state index in [4.69, 9.17) is 9.84 Å². The van der Waals surface area contributed by atoms with Gasteiger partial charge in [-0.3, -0.25) is 0 Å². The highest BCUT2D eigenvalue weighted by molar-refractivity contribution is 6.84. The molecule has 1 unspecified atom stereocenters. The van der Waals surface area contributed by atoms with Crippen molar-refractivity contribution < 1.29 is 19.4 Å². The minimum atomic E-state index is -1.94. The number of carbonyl (C=O) groups excluding carboxylic acids is 1. The van der Waals surface area contributed by atoms with Crippen molar-refractivity contribution in [2.75, 3.05) is 0 Å². The number of hydrogen-bond donors (Lipinski definition) is 1. The van der Waals surface area contributed by atoms with E-state index in [1.807, 2.05) is 0 Å². The molecule has 0 rings (SSSR count). The number of carboxylic acid groups (broad SMARTS) is 1. The summed E-state index contributed by atoms with van der Waals surface area (Å²) in [6.45, 7) is 15.6. The smallest absolute Gasteiger partial charge is 0.330 e. The molecule has 0 aromatic rings. The summed E-state index contributed by atoms with van der Waals surface area (Å²) in [4.78, 5) is 22.7. The molecule has 0 saturated carbocycles. The average Bonchev–Trinajstić information content (AvgIpc) is 2.41. The van der Waals surface area contributed by atoms with Gasteiger partial charge < -0.3 is 9.84 Å². The highest BCUT2D eigenvalue weighted by Gasteiger charge is 2.50. The molecule has 0 aliphatic rings. The molecule has 0 saturated heterocycles. The van der Waals surface area contributed by atoms with Gasteiger partial charge in [0.15, 0.2) is 0 Å². The first kappa shape index (κ1) is 21.9. The van der Waals surface area contributed by atoms with Crippen LogP contribution in [0.15, 0.2) is 12.2 Å². The number of hydrogen-bond acceptors (Lipinski definition) is 3. The normalized spacial score (nSPS) is 14.0. The molecule has 0 radical (unpaired) electrons. The third-order valence-electron chi connectivity index (χ3n) is 5.00. The summed E-state index contributed by atoms with van der Waals surface area (Å²) in [7, 11) is -1.94. The molecule has 1 atom stereocenters. The van der Waals surface area contributed by atoms with E-state index in [2.05, 4.69) is 48.5 Å². The number of carboxylic acids is 1. The van der Waals surface area contributed by atoms with Gasteiger partial charge in [0.25, 0.3) is 0 Å². The average molecular weight is 343 g/mol. The third-order valence-corrected chi connectivity index (χ3v) is 12.5. The van der Waals surface area contributed by atoms with Gasteiger partial charge in [0.2, 0.25) is 0 Å². The van der Waals surface area contributed by atoms with Crippen LogP contribution in [0.4, 0.5) is 0 Å². The van der Waals surface area contributed by atoms with Gasteiger partial charge in [-0.05, 0) is 23.0 Å². The van der Waals surface area contributed by atoms with Crippen LogP contribution in [0.3, 0.4) is 0 Å². The molecule has 0 amide bonds. The van der Waals surface area contributed by atoms with Crippen LogP contribution >= 0.6 is 0 Å². The Kier molecular flexibility index (Phi) is 9.43. The van der Waals surface area contributed by atoms with Gasteiger partial charge in [-0.2, -0.15) is 0 Å². The molecule has 0 heterocycles. The van der Waals surface area contributed by atoms with Gasteiger partial charge >= 0.3 is 11.9 Å². The second kappa shape index (κ2) is 9.91. The van der Waals surface area contributed by atoms with E-state index < -0.39 is 20.0 Å². The second-order valence-electron chi connectivity index (χ2n) is 7.20. The second-order valence-corrected chi connectivity index (χ2v) is 13.3. The predicted octanol–water partition coefficient (Wildman–Crippen LogP) is 4.95.